The summed E-state index contributed by atoms with van der Waals surface area (Å²) in [5.41, 5.74) is 0.615. The van der Waals surface area contributed by atoms with Crippen LogP contribution in [0.1, 0.15) is 86.0 Å². The normalized spacial score (nSPS) is 28.6. The molecule has 5 aliphatic heterocycles. The van der Waals surface area contributed by atoms with E-state index in [4.69, 9.17) is 40.8 Å². The zero-order chi connectivity index (χ0) is 50.4. The van der Waals surface area contributed by atoms with Crippen LogP contribution in [0.25, 0.3) is 0 Å². The van der Waals surface area contributed by atoms with Gasteiger partial charge in [0.2, 0.25) is 11.8 Å². The predicted molar refractivity (Wildman–Crippen MR) is 247 cm³/mol. The fourth-order valence-corrected chi connectivity index (χ4v) is 14.7. The SMILES string of the molecule is C1CCOCC1.CC.CCC(=O)C(CCC[Si]12OC(CO)C(O1)C(C(O)C(O)C1O[Si]3(CCCC(COC=O)C(=O)Nc4ccc([10B](O)O)cc4)OC(C(C)O)C1O3)O2)COC=O.CNC(C)=O. The molecule has 5 heterocycles. The monoisotopic (exact) mass is 1000 g/mol. The Hall–Kier alpha value is -3.25. The second-order valence-corrected chi connectivity index (χ2v) is 21.8. The van der Waals surface area contributed by atoms with Crippen molar-refractivity contribution < 1.29 is 95.2 Å². The van der Waals surface area contributed by atoms with Crippen molar-refractivity contribution in [2.75, 3.05) is 45.4 Å². The molecule has 0 aliphatic carbocycles. The fourth-order valence-electron chi connectivity index (χ4n) is 8.19. The molecule has 13 atom stereocenters. The first-order valence-electron chi connectivity index (χ1n) is 23.4. The topological polar surface area (TPSA) is 314 Å². The minimum atomic E-state index is -3.60. The van der Waals surface area contributed by atoms with Gasteiger partial charge in [-0.15, -0.1) is 0 Å². The number of hydrogen-bond donors (Lipinski definition) is 8. The lowest BCUT2D eigenvalue weighted by Crippen LogP contribution is -2.60. The van der Waals surface area contributed by atoms with Crippen LogP contribution in [0.5, 0.6) is 0 Å². The summed E-state index contributed by atoms with van der Waals surface area (Å²) in [6.45, 7) is 10.5. The van der Waals surface area contributed by atoms with Gasteiger partial charge in [-0.25, -0.2) is 0 Å². The quantitative estimate of drug-likeness (QED) is 0.0488. The number of anilines is 1. The van der Waals surface area contributed by atoms with E-state index in [9.17, 15) is 54.4 Å². The minimum absolute atomic E-state index is 0.00463. The van der Waals surface area contributed by atoms with Crippen LogP contribution >= 0.6 is 0 Å². The van der Waals surface area contributed by atoms with Crippen molar-refractivity contribution in [1.82, 2.24) is 5.32 Å². The molecule has 2 amide bonds. The summed E-state index contributed by atoms with van der Waals surface area (Å²) < 4.78 is 51.8. The van der Waals surface area contributed by atoms with Gasteiger partial charge < -0.3 is 81.9 Å². The molecule has 22 nitrogen and oxygen atoms in total. The number of rotatable bonds is 24. The molecule has 68 heavy (non-hydrogen) atoms. The van der Waals surface area contributed by atoms with Crippen molar-refractivity contribution in [2.45, 2.75) is 153 Å². The predicted octanol–water partition coefficient (Wildman–Crippen LogP) is -0.273. The van der Waals surface area contributed by atoms with Crippen molar-refractivity contribution in [3.63, 3.8) is 0 Å². The summed E-state index contributed by atoms with van der Waals surface area (Å²) in [5.74, 6) is -1.85. The zero-order valence-electron chi connectivity index (χ0n) is 39.9. The number of benzene rings is 1. The van der Waals surface area contributed by atoms with Gasteiger partial charge in [0.15, 0.2) is 0 Å². The average molecular weight is 1000 g/mol. The molecule has 0 saturated carbocycles. The molecule has 386 valence electrons. The Morgan fingerprint density at radius 3 is 1.75 bits per heavy atom. The van der Waals surface area contributed by atoms with Crippen molar-refractivity contribution in [1.29, 1.82) is 0 Å². The second-order valence-electron chi connectivity index (χ2n) is 16.7. The fraction of sp³-hybridized carbons (Fsp3) is 0.744. The molecular weight excluding hydrogens is 931 g/mol. The highest BCUT2D eigenvalue weighted by molar-refractivity contribution is 6.62. The third-order valence-electron chi connectivity index (χ3n) is 11.8. The molecule has 25 heteroatoms. The number of fused-ring (bicyclic) bond motifs is 4. The first-order chi connectivity index (χ1) is 32.6. The molecule has 0 radical (unpaired) electrons. The average Bonchev–Trinajstić information content (AvgIpc) is 4.13. The van der Waals surface area contributed by atoms with Gasteiger partial charge in [-0.1, -0.05) is 32.9 Å². The van der Waals surface area contributed by atoms with E-state index in [0.29, 0.717) is 18.5 Å². The lowest BCUT2D eigenvalue weighted by Gasteiger charge is -2.39. The highest BCUT2D eigenvalue weighted by atomic mass is 28.4. The lowest BCUT2D eigenvalue weighted by atomic mass is 9.26. The van der Waals surface area contributed by atoms with E-state index in [-0.39, 0.29) is 74.7 Å². The molecule has 0 spiro atoms. The number of nitrogens with one attached hydrogen (secondary N) is 2. The van der Waals surface area contributed by atoms with Crippen LogP contribution in [0.15, 0.2) is 24.3 Å². The van der Waals surface area contributed by atoms with Crippen molar-refractivity contribution in [3.05, 3.63) is 24.3 Å². The standard InChI is InChI=1S/C33H50BNO18Si2.C5H10O.C3H7NO.C2H6/c1-3-24(40)20(15-46-17-37)6-4-12-54-48-25(14-36)29(50-54)30(51-54)26(41)27(42)31-32-28(19(2)39)49-55(52-31,53-32)13-5-7-21(16-47-18-38)33(43)35-23-10-8-22(9-11-23)34(44)45;1-2-4-6-5-3-1;1-3(5)4-2;1-2/h8-11,17-21,25-32,36,39,41-42,44-45H,3-7,12-16H2,1-2H3,(H,35,43);1-5H2;1-2H3,(H,4,5);1-2H3/i34-1;;;. The van der Waals surface area contributed by atoms with Gasteiger partial charge in [-0.3, -0.25) is 24.0 Å². The summed E-state index contributed by atoms with van der Waals surface area (Å²) in [6, 6.07) is 6.25. The number of aliphatic hydroxyl groups is 4. The highest BCUT2D eigenvalue weighted by Gasteiger charge is 2.69. The van der Waals surface area contributed by atoms with Crippen LogP contribution in [-0.4, -0.2) is 181 Å². The van der Waals surface area contributed by atoms with Crippen LogP contribution in [0.4, 0.5) is 5.69 Å². The number of Topliss-reactive ketones (excluding diaryl/α,β-unsaturated/α-hetero) is 1. The molecular formula is C43H73BN2O20Si2. The Kier molecular flexibility index (Phi) is 25.9. The molecule has 6 rings (SSSR count). The summed E-state index contributed by atoms with van der Waals surface area (Å²) in [6.07, 6.45) is -4.74. The summed E-state index contributed by atoms with van der Waals surface area (Å²) >= 11 is 0. The lowest BCUT2D eigenvalue weighted by molar-refractivity contribution is -0.145. The van der Waals surface area contributed by atoms with Crippen LogP contribution in [-0.2, 0) is 64.7 Å². The Bertz CT molecular complexity index is 1670. The van der Waals surface area contributed by atoms with E-state index in [2.05, 4.69) is 10.6 Å². The molecule has 13 unspecified atom stereocenters. The molecule has 8 N–H and O–H groups in total. The Morgan fingerprint density at radius 2 is 1.29 bits per heavy atom. The molecule has 1 aromatic rings. The third kappa shape index (κ3) is 17.0. The van der Waals surface area contributed by atoms with Gasteiger partial charge in [0.1, 0.15) is 67.8 Å². The van der Waals surface area contributed by atoms with Crippen LogP contribution in [0.3, 0.4) is 0 Å². The molecule has 4 bridgehead atoms. The van der Waals surface area contributed by atoms with Crippen LogP contribution in [0, 0.1) is 11.8 Å². The third-order valence-corrected chi connectivity index (χ3v) is 17.6. The number of carbonyl (C=O) groups is 5. The second kappa shape index (κ2) is 29.8. The summed E-state index contributed by atoms with van der Waals surface area (Å²) in [7, 11) is -7.15. The van der Waals surface area contributed by atoms with E-state index < -0.39 is 104 Å². The molecule has 5 fully saturated rings. The number of ketones is 1. The molecule has 0 aromatic heterocycles. The van der Waals surface area contributed by atoms with E-state index in [1.807, 2.05) is 13.8 Å². The largest absolute Gasteiger partial charge is 0.502 e. The van der Waals surface area contributed by atoms with Gasteiger partial charge in [-0.05, 0) is 69.5 Å². The Morgan fingerprint density at radius 1 is 0.794 bits per heavy atom. The van der Waals surface area contributed by atoms with Gasteiger partial charge in [0.25, 0.3) is 12.9 Å². The van der Waals surface area contributed by atoms with Gasteiger partial charge in [-0.2, -0.15) is 0 Å². The number of aliphatic hydroxyl groups excluding tert-OH is 4. The number of hydrogen-bond acceptors (Lipinski definition) is 20. The van der Waals surface area contributed by atoms with Crippen molar-refractivity contribution >= 4 is 66.4 Å². The maximum atomic E-state index is 13.1. The minimum Gasteiger partial charge on any atom is -0.467 e. The number of carbonyl (C=O) groups excluding carboxylic acids is 5. The van der Waals surface area contributed by atoms with E-state index >= 15 is 0 Å². The first kappa shape index (κ1) is 59.1. The Balaban J connectivity index is 0.000000825. The maximum Gasteiger partial charge on any atom is 0.502 e. The molecule has 5 saturated heterocycles. The zero-order valence-corrected chi connectivity index (χ0v) is 41.9. The van der Waals surface area contributed by atoms with E-state index in [0.717, 1.165) is 13.2 Å². The van der Waals surface area contributed by atoms with Crippen LogP contribution in [0.2, 0.25) is 12.1 Å². The Labute approximate surface area is 400 Å². The van der Waals surface area contributed by atoms with Crippen LogP contribution < -0.4 is 16.1 Å². The summed E-state index contributed by atoms with van der Waals surface area (Å²) in [5, 5.41) is 67.5. The van der Waals surface area contributed by atoms with Crippen molar-refractivity contribution in [3.8, 4) is 0 Å². The van der Waals surface area contributed by atoms with Gasteiger partial charge in [0.05, 0.1) is 24.5 Å². The highest BCUT2D eigenvalue weighted by Crippen LogP contribution is 2.46. The smallest absolute Gasteiger partial charge is 0.467 e. The number of amides is 2. The number of ether oxygens (including phenoxy) is 3. The van der Waals surface area contributed by atoms with Gasteiger partial charge in [0, 0.05) is 51.4 Å². The first-order valence-corrected chi connectivity index (χ1v) is 27.3. The van der Waals surface area contributed by atoms with E-state index in [1.165, 1.54) is 57.4 Å². The van der Waals surface area contributed by atoms with E-state index in [1.54, 1.807) is 14.0 Å². The molecule has 5 aliphatic rings. The van der Waals surface area contributed by atoms with Crippen molar-refractivity contribution in [2.24, 2.45) is 11.8 Å². The summed E-state index contributed by atoms with van der Waals surface area (Å²) in [4.78, 5) is 56.9. The maximum absolute atomic E-state index is 13.1. The molecule has 1 aromatic carbocycles. The van der Waals surface area contributed by atoms with Gasteiger partial charge >= 0.3 is 24.7 Å².